The molecule has 0 unspecified atom stereocenters. The van der Waals surface area contributed by atoms with Gasteiger partial charge in [-0.2, -0.15) is 0 Å². The third-order valence-electron chi connectivity index (χ3n) is 3.16. The molecule has 0 aliphatic heterocycles. The Morgan fingerprint density at radius 3 is 2.75 bits per heavy atom. The molecule has 0 fully saturated rings. The zero-order valence-corrected chi connectivity index (χ0v) is 14.3. The maximum atomic E-state index is 12.2. The third kappa shape index (κ3) is 4.04. The van der Waals surface area contributed by atoms with E-state index in [1.165, 1.54) is 16.2 Å². The maximum Gasteiger partial charge on any atom is 0.327 e. The van der Waals surface area contributed by atoms with Crippen LogP contribution in [0.3, 0.4) is 0 Å². The van der Waals surface area contributed by atoms with Crippen LogP contribution < -0.4 is 15.0 Å². The number of anilines is 2. The summed E-state index contributed by atoms with van der Waals surface area (Å²) in [5.41, 5.74) is 0.793. The zero-order chi connectivity index (χ0) is 16.9. The minimum absolute atomic E-state index is 0.273. The first-order valence-electron chi connectivity index (χ1n) is 7.11. The molecule has 1 heterocycles. The molecule has 0 saturated heterocycles. The largest absolute Gasteiger partial charge is 0.445 e. The Labute approximate surface area is 148 Å². The van der Waals surface area contributed by atoms with Crippen molar-refractivity contribution in [3.63, 3.8) is 0 Å². The van der Waals surface area contributed by atoms with Crippen molar-refractivity contribution in [1.82, 2.24) is 4.98 Å². The van der Waals surface area contributed by atoms with Crippen molar-refractivity contribution >= 4 is 39.8 Å². The lowest BCUT2D eigenvalue weighted by atomic mass is 10.3. The summed E-state index contributed by atoms with van der Waals surface area (Å²) in [6.45, 7) is 0. The van der Waals surface area contributed by atoms with Gasteiger partial charge in [0.05, 0.1) is 6.20 Å². The predicted molar refractivity (Wildman–Crippen MR) is 97.5 cm³/mol. The Kier molecular flexibility index (Phi) is 4.98. The van der Waals surface area contributed by atoms with Gasteiger partial charge in [-0.1, -0.05) is 47.2 Å². The number of urea groups is 1. The van der Waals surface area contributed by atoms with Crippen molar-refractivity contribution in [3.05, 3.63) is 65.8 Å². The number of benzene rings is 2. The molecule has 3 rings (SSSR count). The summed E-state index contributed by atoms with van der Waals surface area (Å²) in [6, 6.07) is 16.2. The first-order chi connectivity index (χ1) is 11.6. The molecule has 1 aromatic heterocycles. The fourth-order valence-electron chi connectivity index (χ4n) is 1.96. The highest BCUT2D eigenvalue weighted by Gasteiger charge is 2.13. The normalized spacial score (nSPS) is 10.2. The van der Waals surface area contributed by atoms with E-state index in [0.717, 1.165) is 5.69 Å². The highest BCUT2D eigenvalue weighted by atomic mass is 35.5. The lowest BCUT2D eigenvalue weighted by molar-refractivity contribution is 0.258. The van der Waals surface area contributed by atoms with Gasteiger partial charge in [0, 0.05) is 17.8 Å². The first-order valence-corrected chi connectivity index (χ1v) is 8.30. The minimum atomic E-state index is -0.273. The number of hydrogen-bond donors (Lipinski definition) is 1. The van der Waals surface area contributed by atoms with Crippen LogP contribution in [0.1, 0.15) is 0 Å². The number of para-hydroxylation sites is 1. The van der Waals surface area contributed by atoms with Gasteiger partial charge in [-0.05, 0) is 30.3 Å². The third-order valence-corrected chi connectivity index (χ3v) is 4.19. The summed E-state index contributed by atoms with van der Waals surface area (Å²) in [5.74, 6) is 0.616. The molecular weight excluding hydrogens is 346 g/mol. The minimum Gasteiger partial charge on any atom is -0.445 e. The monoisotopic (exact) mass is 359 g/mol. The van der Waals surface area contributed by atoms with Crippen LogP contribution in [0.25, 0.3) is 0 Å². The SMILES string of the molecule is CN(C(=O)Nc1ncc(Oc2cccc(Cl)c2)s1)c1ccccc1. The van der Waals surface area contributed by atoms with Gasteiger partial charge in [0.15, 0.2) is 5.13 Å². The number of amides is 2. The number of nitrogens with zero attached hydrogens (tertiary/aromatic N) is 2. The van der Waals surface area contributed by atoms with E-state index in [1.807, 2.05) is 30.3 Å². The van der Waals surface area contributed by atoms with Gasteiger partial charge in [-0.25, -0.2) is 9.78 Å². The summed E-state index contributed by atoms with van der Waals surface area (Å²) in [7, 11) is 1.70. The maximum absolute atomic E-state index is 12.2. The molecule has 0 saturated carbocycles. The molecule has 7 heteroatoms. The van der Waals surface area contributed by atoms with Gasteiger partial charge >= 0.3 is 6.03 Å². The van der Waals surface area contributed by atoms with E-state index >= 15 is 0 Å². The average molecular weight is 360 g/mol. The van der Waals surface area contributed by atoms with Crippen molar-refractivity contribution in [3.8, 4) is 10.8 Å². The molecule has 0 bridgehead atoms. The molecular formula is C17H14ClN3O2S. The highest BCUT2D eigenvalue weighted by Crippen LogP contribution is 2.31. The highest BCUT2D eigenvalue weighted by molar-refractivity contribution is 7.17. The average Bonchev–Trinajstić information content (AvgIpc) is 3.02. The van der Waals surface area contributed by atoms with Crippen molar-refractivity contribution in [2.24, 2.45) is 0 Å². The molecule has 0 atom stereocenters. The Morgan fingerprint density at radius 2 is 2.00 bits per heavy atom. The lowest BCUT2D eigenvalue weighted by Gasteiger charge is -2.16. The topological polar surface area (TPSA) is 54.5 Å². The number of halogens is 1. The summed E-state index contributed by atoms with van der Waals surface area (Å²) >= 11 is 7.16. The van der Waals surface area contributed by atoms with Crippen LogP contribution >= 0.6 is 22.9 Å². The second kappa shape index (κ2) is 7.33. The Morgan fingerprint density at radius 1 is 1.21 bits per heavy atom. The summed E-state index contributed by atoms with van der Waals surface area (Å²) in [6.07, 6.45) is 1.56. The molecule has 24 heavy (non-hydrogen) atoms. The number of rotatable bonds is 4. The van der Waals surface area contributed by atoms with Crippen molar-refractivity contribution in [2.45, 2.75) is 0 Å². The zero-order valence-electron chi connectivity index (χ0n) is 12.8. The Bertz CT molecular complexity index is 839. The fourth-order valence-corrected chi connectivity index (χ4v) is 2.81. The Balaban J connectivity index is 1.64. The number of carbonyl (C=O) groups excluding carboxylic acids is 1. The van der Waals surface area contributed by atoms with Gasteiger partial charge in [-0.15, -0.1) is 0 Å². The van der Waals surface area contributed by atoms with Gasteiger partial charge in [0.25, 0.3) is 0 Å². The van der Waals surface area contributed by atoms with E-state index in [2.05, 4.69) is 10.3 Å². The summed E-state index contributed by atoms with van der Waals surface area (Å²) < 4.78 is 5.67. The van der Waals surface area contributed by atoms with E-state index in [4.69, 9.17) is 16.3 Å². The number of carbonyl (C=O) groups is 1. The van der Waals surface area contributed by atoms with E-state index in [9.17, 15) is 4.79 Å². The van der Waals surface area contributed by atoms with Crippen LogP contribution in [0.15, 0.2) is 60.8 Å². The van der Waals surface area contributed by atoms with Gasteiger partial charge < -0.3 is 4.74 Å². The summed E-state index contributed by atoms with van der Waals surface area (Å²) in [5, 5.41) is 4.36. The van der Waals surface area contributed by atoms with Crippen LogP contribution in [-0.2, 0) is 0 Å². The van der Waals surface area contributed by atoms with E-state index in [0.29, 0.717) is 21.0 Å². The van der Waals surface area contributed by atoms with Crippen LogP contribution in [0.5, 0.6) is 10.8 Å². The van der Waals surface area contributed by atoms with E-state index < -0.39 is 0 Å². The van der Waals surface area contributed by atoms with Gasteiger partial charge in [0.2, 0.25) is 5.06 Å². The summed E-state index contributed by atoms with van der Waals surface area (Å²) in [4.78, 5) is 17.9. The van der Waals surface area contributed by atoms with Gasteiger partial charge in [0.1, 0.15) is 5.75 Å². The number of aromatic nitrogens is 1. The fraction of sp³-hybridized carbons (Fsp3) is 0.0588. The molecule has 5 nitrogen and oxygen atoms in total. The predicted octanol–water partition coefficient (Wildman–Crippen LogP) is 5.26. The van der Waals surface area contributed by atoms with Crippen LogP contribution in [0.2, 0.25) is 5.02 Å². The molecule has 0 spiro atoms. The van der Waals surface area contributed by atoms with Crippen molar-refractivity contribution in [1.29, 1.82) is 0 Å². The number of hydrogen-bond acceptors (Lipinski definition) is 4. The molecule has 2 aromatic carbocycles. The molecule has 2 amide bonds. The Hall–Kier alpha value is -2.57. The van der Waals surface area contributed by atoms with E-state index in [1.54, 1.807) is 37.5 Å². The van der Waals surface area contributed by atoms with Gasteiger partial charge in [-0.3, -0.25) is 10.2 Å². The quantitative estimate of drug-likeness (QED) is 0.691. The van der Waals surface area contributed by atoms with E-state index in [-0.39, 0.29) is 6.03 Å². The van der Waals surface area contributed by atoms with Crippen molar-refractivity contribution < 1.29 is 9.53 Å². The molecule has 3 aromatic rings. The smallest absolute Gasteiger partial charge is 0.327 e. The van der Waals surface area contributed by atoms with Crippen LogP contribution in [-0.4, -0.2) is 18.1 Å². The lowest BCUT2D eigenvalue weighted by Crippen LogP contribution is -2.30. The molecule has 0 radical (unpaired) electrons. The number of thiazole rings is 1. The standard InChI is InChI=1S/C17H14ClN3O2S/c1-21(13-7-3-2-4-8-13)17(22)20-16-19-11-15(24-16)23-14-9-5-6-12(18)10-14/h2-11H,1H3,(H,19,20,22). The first kappa shape index (κ1) is 16.3. The molecule has 0 aliphatic rings. The van der Waals surface area contributed by atoms with Crippen LogP contribution in [0.4, 0.5) is 15.6 Å². The number of ether oxygens (including phenoxy) is 1. The number of nitrogens with one attached hydrogen (secondary N) is 1. The second-order valence-corrected chi connectivity index (χ2v) is 6.30. The molecule has 122 valence electrons. The molecule has 1 N–H and O–H groups in total. The second-order valence-electron chi connectivity index (χ2n) is 4.87. The molecule has 0 aliphatic carbocycles. The van der Waals surface area contributed by atoms with Crippen LogP contribution in [0, 0.1) is 0 Å². The van der Waals surface area contributed by atoms with Crippen molar-refractivity contribution in [2.75, 3.05) is 17.3 Å².